The van der Waals surface area contributed by atoms with E-state index < -0.39 is 0 Å². The zero-order chi connectivity index (χ0) is 17.2. The molecule has 4 heterocycles. The molecule has 0 unspecified atom stereocenters. The van der Waals surface area contributed by atoms with Gasteiger partial charge in [0.2, 0.25) is 0 Å². The van der Waals surface area contributed by atoms with E-state index in [9.17, 15) is 4.79 Å². The Bertz CT molecular complexity index is 826. The van der Waals surface area contributed by atoms with E-state index >= 15 is 0 Å². The molecule has 6 rings (SSSR count). The lowest BCUT2D eigenvalue weighted by Gasteiger charge is -2.56. The highest BCUT2D eigenvalue weighted by Gasteiger charge is 2.48. The Kier molecular flexibility index (Phi) is 3.30. The average molecular weight is 338 g/mol. The summed E-state index contributed by atoms with van der Waals surface area (Å²) in [5.74, 6) is 2.31. The van der Waals surface area contributed by atoms with Crippen molar-refractivity contribution >= 4 is 16.9 Å². The van der Waals surface area contributed by atoms with Gasteiger partial charge in [0.05, 0.1) is 0 Å². The summed E-state index contributed by atoms with van der Waals surface area (Å²) < 4.78 is 5.91. The molecule has 25 heavy (non-hydrogen) atoms. The van der Waals surface area contributed by atoms with Crippen molar-refractivity contribution in [3.8, 4) is 0 Å². The number of hydrogen-bond acceptors (Lipinski definition) is 3. The topological polar surface area (TPSA) is 45.5 Å². The number of furan rings is 1. The number of piperidine rings is 3. The Hall–Kier alpha value is -1.81. The van der Waals surface area contributed by atoms with Crippen LogP contribution in [-0.4, -0.2) is 35.5 Å². The molecule has 2 bridgehead atoms. The van der Waals surface area contributed by atoms with Crippen molar-refractivity contribution < 1.29 is 9.21 Å². The molecular formula is C21H26N2O2. The zero-order valence-corrected chi connectivity index (χ0v) is 15.0. The zero-order valence-electron chi connectivity index (χ0n) is 15.0. The second-order valence-electron chi connectivity index (χ2n) is 8.60. The Morgan fingerprint density at radius 2 is 1.92 bits per heavy atom. The first-order chi connectivity index (χ1) is 12.0. The number of amides is 1. The van der Waals surface area contributed by atoms with Gasteiger partial charge in [-0.15, -0.1) is 0 Å². The molecule has 4 aliphatic rings. The maximum Gasteiger partial charge on any atom is 0.251 e. The predicted molar refractivity (Wildman–Crippen MR) is 97.8 cm³/mol. The lowest BCUT2D eigenvalue weighted by Crippen LogP contribution is -2.69. The molecule has 4 heteroatoms. The summed E-state index contributed by atoms with van der Waals surface area (Å²) in [5, 5.41) is 4.40. The fourth-order valence-corrected chi connectivity index (χ4v) is 4.88. The number of benzene rings is 1. The van der Waals surface area contributed by atoms with E-state index in [1.165, 1.54) is 25.7 Å². The van der Waals surface area contributed by atoms with E-state index in [1.54, 1.807) is 0 Å². The number of fused-ring (bicyclic) bond motifs is 4. The van der Waals surface area contributed by atoms with Gasteiger partial charge >= 0.3 is 0 Å². The summed E-state index contributed by atoms with van der Waals surface area (Å²) in [5.41, 5.74) is 1.67. The minimum atomic E-state index is 0.0374. The second kappa shape index (κ2) is 5.34. The normalized spacial score (nSPS) is 30.6. The van der Waals surface area contributed by atoms with E-state index in [0.29, 0.717) is 11.8 Å². The average Bonchev–Trinajstić information content (AvgIpc) is 3.37. The summed E-state index contributed by atoms with van der Waals surface area (Å²) in [7, 11) is 0. The second-order valence-corrected chi connectivity index (χ2v) is 8.60. The molecule has 1 aromatic carbocycles. The molecule has 1 amide bonds. The maximum absolute atomic E-state index is 12.9. The molecule has 3 saturated heterocycles. The van der Waals surface area contributed by atoms with Crippen molar-refractivity contribution in [2.24, 2.45) is 5.92 Å². The smallest absolute Gasteiger partial charge is 0.251 e. The van der Waals surface area contributed by atoms with Gasteiger partial charge in [-0.25, -0.2) is 0 Å². The van der Waals surface area contributed by atoms with E-state index in [0.717, 1.165) is 35.4 Å². The lowest BCUT2D eigenvalue weighted by molar-refractivity contribution is -0.0378. The van der Waals surface area contributed by atoms with E-state index in [4.69, 9.17) is 4.42 Å². The summed E-state index contributed by atoms with van der Waals surface area (Å²) in [6, 6.07) is 8.16. The minimum Gasteiger partial charge on any atom is -0.461 e. The highest BCUT2D eigenvalue weighted by atomic mass is 16.3. The highest BCUT2D eigenvalue weighted by Crippen LogP contribution is 2.42. The van der Waals surface area contributed by atoms with Gasteiger partial charge < -0.3 is 9.73 Å². The van der Waals surface area contributed by atoms with Crippen LogP contribution >= 0.6 is 0 Å². The quantitative estimate of drug-likeness (QED) is 0.923. The molecule has 1 aromatic heterocycles. The van der Waals surface area contributed by atoms with E-state index in [1.807, 2.05) is 18.2 Å². The summed E-state index contributed by atoms with van der Waals surface area (Å²) in [4.78, 5) is 15.4. The van der Waals surface area contributed by atoms with Crippen molar-refractivity contribution in [1.82, 2.24) is 10.2 Å². The number of nitrogens with one attached hydrogen (secondary N) is 1. The molecule has 132 valence electrons. The van der Waals surface area contributed by atoms with Gasteiger partial charge in [0.1, 0.15) is 11.3 Å². The fraction of sp³-hybridized carbons (Fsp3) is 0.571. The van der Waals surface area contributed by atoms with Gasteiger partial charge in [0, 0.05) is 28.4 Å². The Labute approximate surface area is 148 Å². The summed E-state index contributed by atoms with van der Waals surface area (Å²) in [6.07, 6.45) is 4.84. The van der Waals surface area contributed by atoms with Crippen LogP contribution in [0.25, 0.3) is 11.0 Å². The minimum absolute atomic E-state index is 0.0374. The molecule has 3 aliphatic heterocycles. The first kappa shape index (κ1) is 15.4. The number of rotatable bonds is 3. The number of carbonyl (C=O) groups excluding carboxylic acids is 1. The van der Waals surface area contributed by atoms with Gasteiger partial charge in [-0.1, -0.05) is 0 Å². The predicted octanol–water partition coefficient (Wildman–Crippen LogP) is 3.91. The van der Waals surface area contributed by atoms with Gasteiger partial charge in [-0.05, 0) is 82.8 Å². The number of carbonyl (C=O) groups is 1. The van der Waals surface area contributed by atoms with Crippen molar-refractivity contribution in [1.29, 1.82) is 0 Å². The third-order valence-corrected chi connectivity index (χ3v) is 6.65. The van der Waals surface area contributed by atoms with Crippen molar-refractivity contribution in [2.75, 3.05) is 13.1 Å². The van der Waals surface area contributed by atoms with Gasteiger partial charge in [0.25, 0.3) is 5.91 Å². The van der Waals surface area contributed by atoms with Crippen LogP contribution in [0.2, 0.25) is 0 Å². The van der Waals surface area contributed by atoms with Gasteiger partial charge in [-0.3, -0.25) is 9.69 Å². The lowest BCUT2D eigenvalue weighted by atomic mass is 9.72. The van der Waals surface area contributed by atoms with Crippen LogP contribution in [0, 0.1) is 5.92 Å². The van der Waals surface area contributed by atoms with Crippen molar-refractivity contribution in [3.63, 3.8) is 0 Å². The van der Waals surface area contributed by atoms with Crippen LogP contribution < -0.4 is 5.32 Å². The molecule has 2 aromatic rings. The maximum atomic E-state index is 12.9. The molecule has 1 atom stereocenters. The van der Waals surface area contributed by atoms with Gasteiger partial charge in [-0.2, -0.15) is 0 Å². The highest BCUT2D eigenvalue weighted by molar-refractivity contribution is 5.98. The standard InChI is InChI=1S/C21H26N2O2/c1-21(2)19(14-7-9-23(21)10-8-14)22-20(24)15-5-6-17-16(11-15)12-18(25-17)13-3-4-13/h5-6,11-14,19H,3-4,7-10H2,1-2H3,(H,22,24)/t19-/m0/s1. The summed E-state index contributed by atoms with van der Waals surface area (Å²) in [6.45, 7) is 6.86. The first-order valence-electron chi connectivity index (χ1n) is 9.62. The summed E-state index contributed by atoms with van der Waals surface area (Å²) >= 11 is 0. The number of nitrogens with zero attached hydrogens (tertiary/aromatic N) is 1. The molecule has 0 radical (unpaired) electrons. The van der Waals surface area contributed by atoms with Crippen LogP contribution in [-0.2, 0) is 0 Å². The largest absolute Gasteiger partial charge is 0.461 e. The molecule has 4 nitrogen and oxygen atoms in total. The van der Waals surface area contributed by atoms with Crippen molar-refractivity contribution in [2.45, 2.75) is 57.0 Å². The Balaban J connectivity index is 1.39. The monoisotopic (exact) mass is 338 g/mol. The third kappa shape index (κ3) is 2.50. The Morgan fingerprint density at radius 1 is 1.16 bits per heavy atom. The van der Waals surface area contributed by atoms with Gasteiger partial charge in [0.15, 0.2) is 0 Å². The number of hydrogen-bond donors (Lipinski definition) is 1. The molecule has 1 N–H and O–H groups in total. The Morgan fingerprint density at radius 3 is 2.60 bits per heavy atom. The van der Waals surface area contributed by atoms with Crippen LogP contribution in [0.15, 0.2) is 28.7 Å². The van der Waals surface area contributed by atoms with E-state index in [2.05, 4.69) is 30.1 Å². The van der Waals surface area contributed by atoms with E-state index in [-0.39, 0.29) is 17.5 Å². The third-order valence-electron chi connectivity index (χ3n) is 6.65. The van der Waals surface area contributed by atoms with Crippen molar-refractivity contribution in [3.05, 3.63) is 35.6 Å². The molecule has 4 fully saturated rings. The molecule has 1 saturated carbocycles. The molecule has 1 aliphatic carbocycles. The van der Waals surface area contributed by atoms with Crippen LogP contribution in [0.4, 0.5) is 0 Å². The SMILES string of the molecule is CC1(C)[C@@H](NC(=O)c2ccc3oc(C4CC4)cc3c2)C2CCN1CC2. The molecular weight excluding hydrogens is 312 g/mol. The van der Waals surface area contributed by atoms with Crippen LogP contribution in [0.5, 0.6) is 0 Å². The van der Waals surface area contributed by atoms with Crippen LogP contribution in [0.3, 0.4) is 0 Å². The van der Waals surface area contributed by atoms with Crippen LogP contribution in [0.1, 0.15) is 61.6 Å². The first-order valence-corrected chi connectivity index (χ1v) is 9.62. The fourth-order valence-electron chi connectivity index (χ4n) is 4.88. The molecule has 0 spiro atoms.